The molecule has 0 saturated heterocycles. The molecule has 1 heterocycles. The molecule has 1 N–H and O–H groups in total. The first kappa shape index (κ1) is 16.9. The van der Waals surface area contributed by atoms with Gasteiger partial charge in [-0.05, 0) is 38.8 Å². The molecule has 0 atom stereocenters. The predicted molar refractivity (Wildman–Crippen MR) is 89.5 cm³/mol. The molecular formula is C18H22O5. The molecule has 2 aromatic rings. The molecule has 2 rings (SSSR count). The number of rotatable bonds is 7. The van der Waals surface area contributed by atoms with Crippen LogP contribution in [0.4, 0.5) is 0 Å². The van der Waals surface area contributed by atoms with Crippen molar-refractivity contribution in [2.75, 3.05) is 6.61 Å². The summed E-state index contributed by atoms with van der Waals surface area (Å²) in [5, 5.41) is 10.4. The van der Waals surface area contributed by atoms with Crippen molar-refractivity contribution in [3.8, 4) is 17.2 Å². The van der Waals surface area contributed by atoms with Crippen molar-refractivity contribution >= 4 is 11.0 Å². The van der Waals surface area contributed by atoms with E-state index in [2.05, 4.69) is 13.0 Å². The lowest BCUT2D eigenvalue weighted by Crippen LogP contribution is -2.15. The molecule has 0 amide bonds. The molecule has 0 unspecified atom stereocenters. The monoisotopic (exact) mass is 318 g/mol. The average molecular weight is 318 g/mol. The van der Waals surface area contributed by atoms with E-state index >= 15 is 0 Å². The van der Waals surface area contributed by atoms with E-state index in [4.69, 9.17) is 13.9 Å². The van der Waals surface area contributed by atoms with Crippen molar-refractivity contribution in [1.82, 2.24) is 0 Å². The Morgan fingerprint density at radius 2 is 2.04 bits per heavy atom. The van der Waals surface area contributed by atoms with Gasteiger partial charge >= 0.3 is 5.63 Å². The van der Waals surface area contributed by atoms with E-state index in [-0.39, 0.29) is 23.2 Å². The van der Waals surface area contributed by atoms with E-state index in [0.717, 1.165) is 12.8 Å². The lowest BCUT2D eigenvalue weighted by Gasteiger charge is -2.15. The molecule has 0 aliphatic rings. The zero-order chi connectivity index (χ0) is 16.8. The van der Waals surface area contributed by atoms with Gasteiger partial charge in [-0.15, -0.1) is 0 Å². The number of ether oxygens (including phenoxy) is 2. The Balaban J connectivity index is 2.45. The molecule has 0 spiro atoms. The first-order valence-corrected chi connectivity index (χ1v) is 7.77. The number of phenols is 1. The molecule has 5 nitrogen and oxygen atoms in total. The van der Waals surface area contributed by atoms with Gasteiger partial charge < -0.3 is 19.0 Å². The van der Waals surface area contributed by atoms with E-state index in [0.29, 0.717) is 17.7 Å². The third-order valence-corrected chi connectivity index (χ3v) is 3.11. The third-order valence-electron chi connectivity index (χ3n) is 3.11. The fraction of sp³-hybridized carbons (Fsp3) is 0.389. The van der Waals surface area contributed by atoms with Gasteiger partial charge in [-0.2, -0.15) is 0 Å². The topological polar surface area (TPSA) is 68.9 Å². The van der Waals surface area contributed by atoms with E-state index in [1.165, 1.54) is 6.07 Å². The maximum atomic E-state index is 12.2. The molecule has 0 saturated carbocycles. The van der Waals surface area contributed by atoms with Gasteiger partial charge in [-0.25, -0.2) is 4.79 Å². The van der Waals surface area contributed by atoms with Crippen LogP contribution in [0.15, 0.2) is 39.6 Å². The van der Waals surface area contributed by atoms with Gasteiger partial charge in [-0.1, -0.05) is 25.1 Å². The summed E-state index contributed by atoms with van der Waals surface area (Å²) in [6, 6.07) is 4.85. The summed E-state index contributed by atoms with van der Waals surface area (Å²) in [7, 11) is 0. The van der Waals surface area contributed by atoms with Gasteiger partial charge in [0.1, 0.15) is 0 Å². The normalized spacial score (nSPS) is 11.5. The zero-order valence-electron chi connectivity index (χ0n) is 13.7. The average Bonchev–Trinajstić information content (AvgIpc) is 2.50. The molecule has 0 bridgehead atoms. The Labute approximate surface area is 135 Å². The van der Waals surface area contributed by atoms with Crippen LogP contribution >= 0.6 is 0 Å². The summed E-state index contributed by atoms with van der Waals surface area (Å²) in [6.45, 7) is 6.10. The van der Waals surface area contributed by atoms with Crippen molar-refractivity contribution in [2.45, 2.75) is 39.7 Å². The van der Waals surface area contributed by atoms with Crippen LogP contribution in [0.5, 0.6) is 17.2 Å². The smallest absolute Gasteiger partial charge is 0.383 e. The van der Waals surface area contributed by atoms with Gasteiger partial charge in [0.25, 0.3) is 0 Å². The Kier molecular flexibility index (Phi) is 5.68. The minimum absolute atomic E-state index is 0.0394. The molecular weight excluding hydrogens is 296 g/mol. The van der Waals surface area contributed by atoms with Gasteiger partial charge in [0.2, 0.25) is 5.75 Å². The van der Waals surface area contributed by atoms with Crippen LogP contribution in [0, 0.1) is 0 Å². The summed E-state index contributed by atoms with van der Waals surface area (Å²) in [4.78, 5) is 12.2. The van der Waals surface area contributed by atoms with Crippen LogP contribution in [0.1, 0.15) is 33.6 Å². The second-order valence-electron chi connectivity index (χ2n) is 5.38. The molecule has 124 valence electrons. The highest BCUT2D eigenvalue weighted by atomic mass is 16.5. The Hall–Kier alpha value is -2.43. The Morgan fingerprint density at radius 1 is 1.26 bits per heavy atom. The van der Waals surface area contributed by atoms with Crippen molar-refractivity contribution < 1.29 is 19.0 Å². The third kappa shape index (κ3) is 4.06. The highest BCUT2D eigenvalue weighted by Crippen LogP contribution is 2.36. The molecule has 5 heteroatoms. The summed E-state index contributed by atoms with van der Waals surface area (Å²) in [5.74, 6) is 0.245. The summed E-state index contributed by atoms with van der Waals surface area (Å²) >= 11 is 0. The van der Waals surface area contributed by atoms with Gasteiger partial charge in [0, 0.05) is 0 Å². The second-order valence-corrected chi connectivity index (χ2v) is 5.38. The minimum atomic E-state index is -0.660. The van der Waals surface area contributed by atoms with E-state index in [1.54, 1.807) is 12.1 Å². The first-order valence-electron chi connectivity index (χ1n) is 7.77. The molecule has 0 radical (unpaired) electrons. The van der Waals surface area contributed by atoms with Crippen LogP contribution in [-0.2, 0) is 0 Å². The number of hydrogen-bond donors (Lipinski definition) is 1. The van der Waals surface area contributed by atoms with Crippen LogP contribution in [0.25, 0.3) is 11.0 Å². The van der Waals surface area contributed by atoms with Gasteiger partial charge in [0.15, 0.2) is 17.1 Å². The van der Waals surface area contributed by atoms with Crippen LogP contribution in [-0.4, -0.2) is 17.8 Å². The van der Waals surface area contributed by atoms with Crippen molar-refractivity contribution in [1.29, 1.82) is 0 Å². The number of hydrogen-bond acceptors (Lipinski definition) is 5. The Morgan fingerprint density at radius 3 is 2.74 bits per heavy atom. The maximum Gasteiger partial charge on any atom is 0.383 e. The van der Waals surface area contributed by atoms with Crippen LogP contribution < -0.4 is 15.1 Å². The number of para-hydroxylation sites is 1. The van der Waals surface area contributed by atoms with E-state index < -0.39 is 5.63 Å². The number of fused-ring (bicyclic) bond motifs is 1. The van der Waals surface area contributed by atoms with Crippen molar-refractivity contribution in [3.63, 3.8) is 0 Å². The molecule has 0 aliphatic carbocycles. The highest BCUT2D eigenvalue weighted by molar-refractivity contribution is 5.89. The number of allylic oxidation sites excluding steroid dienone is 1. The predicted octanol–water partition coefficient (Wildman–Crippen LogP) is 4.02. The molecule has 0 aliphatic heterocycles. The Bertz CT molecular complexity index is 743. The van der Waals surface area contributed by atoms with Crippen LogP contribution in [0.3, 0.4) is 0 Å². The largest absolute Gasteiger partial charge is 0.504 e. The lowest BCUT2D eigenvalue weighted by molar-refractivity contribution is 0.212. The molecule has 0 fully saturated rings. The SMILES string of the molecule is CC/C=C/CCOc1c(OC(C)C)c(=O)oc2c(O)cccc12. The van der Waals surface area contributed by atoms with E-state index in [1.807, 2.05) is 19.9 Å². The van der Waals surface area contributed by atoms with Crippen molar-refractivity contribution in [3.05, 3.63) is 40.8 Å². The summed E-state index contributed by atoms with van der Waals surface area (Å²) in [5.41, 5.74) is -0.556. The highest BCUT2D eigenvalue weighted by Gasteiger charge is 2.20. The first-order chi connectivity index (χ1) is 11.0. The number of phenolic OH excluding ortho intramolecular Hbond substituents is 1. The number of benzene rings is 1. The van der Waals surface area contributed by atoms with Crippen LogP contribution in [0.2, 0.25) is 0 Å². The van der Waals surface area contributed by atoms with Crippen molar-refractivity contribution in [2.24, 2.45) is 0 Å². The second kappa shape index (κ2) is 7.72. The maximum absolute atomic E-state index is 12.2. The molecule has 1 aromatic heterocycles. The summed E-state index contributed by atoms with van der Waals surface area (Å²) in [6.07, 6.45) is 5.56. The minimum Gasteiger partial charge on any atom is -0.504 e. The fourth-order valence-corrected chi connectivity index (χ4v) is 2.16. The standard InChI is InChI=1S/C18H22O5/c1-4-5-6-7-11-21-16-13-9-8-10-14(19)15(13)23-18(20)17(16)22-12(2)3/h5-6,8-10,12,19H,4,7,11H2,1-3H3/b6-5+. The fourth-order valence-electron chi connectivity index (χ4n) is 2.16. The van der Waals surface area contributed by atoms with E-state index in [9.17, 15) is 9.90 Å². The van der Waals surface area contributed by atoms with Gasteiger partial charge in [-0.3, -0.25) is 0 Å². The molecule has 23 heavy (non-hydrogen) atoms. The zero-order valence-corrected chi connectivity index (χ0v) is 13.7. The summed E-state index contributed by atoms with van der Waals surface area (Å²) < 4.78 is 16.5. The quantitative estimate of drug-likeness (QED) is 0.474. The number of aromatic hydroxyl groups is 1. The lowest BCUT2D eigenvalue weighted by atomic mass is 10.2. The van der Waals surface area contributed by atoms with Gasteiger partial charge in [0.05, 0.1) is 18.1 Å². The molecule has 1 aromatic carbocycles.